The standard InChI is InChI=1S/C14H25N3O2S/c1-10(14-11(2)16-12(3)20-14)15-8-13(18)9-17-4-6-19-7-5-17/h10,13,15,18H,4-9H2,1-3H3. The number of hydrogen-bond acceptors (Lipinski definition) is 6. The van der Waals surface area contributed by atoms with Gasteiger partial charge >= 0.3 is 0 Å². The van der Waals surface area contributed by atoms with Gasteiger partial charge in [0.2, 0.25) is 0 Å². The largest absolute Gasteiger partial charge is 0.390 e. The third-order valence-corrected chi connectivity index (χ3v) is 4.82. The Bertz CT molecular complexity index is 419. The molecule has 0 radical (unpaired) electrons. The fourth-order valence-corrected chi connectivity index (χ4v) is 3.45. The van der Waals surface area contributed by atoms with Crippen LogP contribution in [0.15, 0.2) is 0 Å². The maximum atomic E-state index is 10.1. The number of nitrogens with one attached hydrogen (secondary N) is 1. The zero-order valence-corrected chi connectivity index (χ0v) is 13.4. The van der Waals surface area contributed by atoms with E-state index in [1.54, 1.807) is 11.3 Å². The van der Waals surface area contributed by atoms with E-state index in [4.69, 9.17) is 4.74 Å². The van der Waals surface area contributed by atoms with Crippen LogP contribution in [0.1, 0.15) is 28.5 Å². The first-order chi connectivity index (χ1) is 9.56. The molecule has 1 aromatic rings. The molecule has 2 heterocycles. The third-order valence-electron chi connectivity index (χ3n) is 3.57. The molecular formula is C14H25N3O2S. The van der Waals surface area contributed by atoms with Crippen molar-refractivity contribution in [3.8, 4) is 0 Å². The van der Waals surface area contributed by atoms with Gasteiger partial charge in [-0.15, -0.1) is 11.3 Å². The van der Waals surface area contributed by atoms with E-state index in [9.17, 15) is 5.11 Å². The van der Waals surface area contributed by atoms with E-state index >= 15 is 0 Å². The lowest BCUT2D eigenvalue weighted by atomic mass is 10.2. The SMILES string of the molecule is Cc1nc(C)c(C(C)NCC(O)CN2CCOCC2)s1. The number of hydrogen-bond donors (Lipinski definition) is 2. The van der Waals surface area contributed by atoms with Crippen molar-refractivity contribution in [2.24, 2.45) is 0 Å². The second-order valence-electron chi connectivity index (χ2n) is 5.38. The zero-order valence-electron chi connectivity index (χ0n) is 12.6. The molecule has 0 bridgehead atoms. The molecule has 2 N–H and O–H groups in total. The van der Waals surface area contributed by atoms with Crippen LogP contribution in [0.2, 0.25) is 0 Å². The van der Waals surface area contributed by atoms with Gasteiger partial charge in [0.05, 0.1) is 30.0 Å². The fourth-order valence-electron chi connectivity index (χ4n) is 2.50. The number of aliphatic hydroxyl groups is 1. The summed E-state index contributed by atoms with van der Waals surface area (Å²) in [7, 11) is 0. The number of nitrogens with zero attached hydrogens (tertiary/aromatic N) is 2. The van der Waals surface area contributed by atoms with Gasteiger partial charge in [0.1, 0.15) is 0 Å². The summed E-state index contributed by atoms with van der Waals surface area (Å²) in [4.78, 5) is 7.96. The molecule has 1 saturated heterocycles. The van der Waals surface area contributed by atoms with Crippen molar-refractivity contribution >= 4 is 11.3 Å². The lowest BCUT2D eigenvalue weighted by molar-refractivity contribution is 0.0145. The zero-order chi connectivity index (χ0) is 14.5. The molecule has 1 fully saturated rings. The first-order valence-electron chi connectivity index (χ1n) is 7.21. The van der Waals surface area contributed by atoms with Gasteiger partial charge in [-0.05, 0) is 20.8 Å². The minimum Gasteiger partial charge on any atom is -0.390 e. The summed E-state index contributed by atoms with van der Waals surface area (Å²) in [5.41, 5.74) is 1.09. The van der Waals surface area contributed by atoms with Gasteiger partial charge in [-0.3, -0.25) is 4.90 Å². The molecule has 2 unspecified atom stereocenters. The predicted molar refractivity (Wildman–Crippen MR) is 81.3 cm³/mol. The number of morpholine rings is 1. The molecule has 114 valence electrons. The van der Waals surface area contributed by atoms with E-state index in [-0.39, 0.29) is 12.1 Å². The highest BCUT2D eigenvalue weighted by molar-refractivity contribution is 7.11. The summed E-state index contributed by atoms with van der Waals surface area (Å²) in [6.45, 7) is 10.9. The van der Waals surface area contributed by atoms with E-state index in [0.717, 1.165) is 37.0 Å². The molecule has 0 saturated carbocycles. The molecule has 2 atom stereocenters. The van der Waals surface area contributed by atoms with Crippen molar-refractivity contribution in [1.82, 2.24) is 15.2 Å². The number of β-amino-alcohol motifs (C(OH)–C–C–N with tert-alkyl or cyclic N) is 1. The Hall–Kier alpha value is -0.530. The average molecular weight is 299 g/mol. The predicted octanol–water partition coefficient (Wildman–Crippen LogP) is 1.10. The van der Waals surface area contributed by atoms with Crippen LogP contribution in [0, 0.1) is 13.8 Å². The monoisotopic (exact) mass is 299 g/mol. The first-order valence-corrected chi connectivity index (χ1v) is 8.03. The van der Waals surface area contributed by atoms with Crippen LogP contribution in [0.25, 0.3) is 0 Å². The summed E-state index contributed by atoms with van der Waals surface area (Å²) < 4.78 is 5.31. The van der Waals surface area contributed by atoms with Crippen LogP contribution >= 0.6 is 11.3 Å². The van der Waals surface area contributed by atoms with Crippen LogP contribution in [0.4, 0.5) is 0 Å². The van der Waals surface area contributed by atoms with Crippen LogP contribution in [0.5, 0.6) is 0 Å². The van der Waals surface area contributed by atoms with Gasteiger partial charge in [0.15, 0.2) is 0 Å². The van der Waals surface area contributed by atoms with Crippen molar-refractivity contribution in [1.29, 1.82) is 0 Å². The highest BCUT2D eigenvalue weighted by Gasteiger charge is 2.17. The second kappa shape index (κ2) is 7.47. The van der Waals surface area contributed by atoms with Crippen molar-refractivity contribution in [2.45, 2.75) is 32.9 Å². The van der Waals surface area contributed by atoms with Gasteiger partial charge in [0.25, 0.3) is 0 Å². The number of rotatable bonds is 6. The van der Waals surface area contributed by atoms with E-state index in [1.165, 1.54) is 4.88 Å². The number of aryl methyl sites for hydroxylation is 2. The minimum atomic E-state index is -0.343. The Morgan fingerprint density at radius 3 is 2.70 bits per heavy atom. The molecule has 2 rings (SSSR count). The third kappa shape index (κ3) is 4.49. The molecule has 0 amide bonds. The Morgan fingerprint density at radius 2 is 2.10 bits per heavy atom. The summed E-state index contributed by atoms with van der Waals surface area (Å²) >= 11 is 1.73. The van der Waals surface area contributed by atoms with Gasteiger partial charge in [-0.25, -0.2) is 4.98 Å². The van der Waals surface area contributed by atoms with Gasteiger partial charge in [-0.2, -0.15) is 0 Å². The lowest BCUT2D eigenvalue weighted by Gasteiger charge is -2.29. The second-order valence-corrected chi connectivity index (χ2v) is 6.61. The molecule has 6 heteroatoms. The molecular weight excluding hydrogens is 274 g/mol. The van der Waals surface area contributed by atoms with Crippen LogP contribution in [-0.2, 0) is 4.74 Å². The maximum Gasteiger partial charge on any atom is 0.0900 e. The van der Waals surface area contributed by atoms with Crippen molar-refractivity contribution in [2.75, 3.05) is 39.4 Å². The quantitative estimate of drug-likeness (QED) is 0.824. The number of ether oxygens (including phenoxy) is 1. The highest BCUT2D eigenvalue weighted by Crippen LogP contribution is 2.24. The van der Waals surface area contributed by atoms with Crippen LogP contribution < -0.4 is 5.32 Å². The van der Waals surface area contributed by atoms with Crippen molar-refractivity contribution < 1.29 is 9.84 Å². The number of thiazole rings is 1. The van der Waals surface area contributed by atoms with E-state index in [2.05, 4.69) is 22.1 Å². The van der Waals surface area contributed by atoms with Crippen molar-refractivity contribution in [3.05, 3.63) is 15.6 Å². The summed E-state index contributed by atoms with van der Waals surface area (Å²) in [5, 5.41) is 14.6. The lowest BCUT2D eigenvalue weighted by Crippen LogP contribution is -2.44. The van der Waals surface area contributed by atoms with E-state index < -0.39 is 0 Å². The van der Waals surface area contributed by atoms with E-state index in [1.807, 2.05) is 13.8 Å². The Labute approximate surface area is 125 Å². The Kier molecular flexibility index (Phi) is 5.92. The van der Waals surface area contributed by atoms with Crippen LogP contribution in [0.3, 0.4) is 0 Å². The Morgan fingerprint density at radius 1 is 1.40 bits per heavy atom. The number of aromatic nitrogens is 1. The van der Waals surface area contributed by atoms with Gasteiger partial charge < -0.3 is 15.2 Å². The topological polar surface area (TPSA) is 57.6 Å². The summed E-state index contributed by atoms with van der Waals surface area (Å²) in [5.74, 6) is 0. The summed E-state index contributed by atoms with van der Waals surface area (Å²) in [6.07, 6.45) is -0.343. The first kappa shape index (κ1) is 15.9. The fraction of sp³-hybridized carbons (Fsp3) is 0.786. The molecule has 1 aliphatic rings. The molecule has 1 aliphatic heterocycles. The molecule has 0 aliphatic carbocycles. The Balaban J connectivity index is 1.74. The average Bonchev–Trinajstić information content (AvgIpc) is 2.76. The molecule has 1 aromatic heterocycles. The number of aliphatic hydroxyl groups excluding tert-OH is 1. The van der Waals surface area contributed by atoms with E-state index in [0.29, 0.717) is 13.1 Å². The van der Waals surface area contributed by atoms with Gasteiger partial charge in [-0.1, -0.05) is 0 Å². The van der Waals surface area contributed by atoms with Crippen LogP contribution in [-0.4, -0.2) is 60.5 Å². The normalized spacial score (nSPS) is 20.0. The minimum absolute atomic E-state index is 0.237. The van der Waals surface area contributed by atoms with Crippen molar-refractivity contribution in [3.63, 3.8) is 0 Å². The molecule has 0 spiro atoms. The molecule has 5 nitrogen and oxygen atoms in total. The highest BCUT2D eigenvalue weighted by atomic mass is 32.1. The maximum absolute atomic E-state index is 10.1. The molecule has 0 aromatic carbocycles. The summed E-state index contributed by atoms with van der Waals surface area (Å²) in [6, 6.07) is 0.237. The molecule has 20 heavy (non-hydrogen) atoms. The smallest absolute Gasteiger partial charge is 0.0900 e. The van der Waals surface area contributed by atoms with Gasteiger partial charge in [0, 0.05) is 37.1 Å².